The monoisotopic (exact) mass is 222 g/mol. The van der Waals surface area contributed by atoms with Gasteiger partial charge in [0.2, 0.25) is 0 Å². The third-order valence-corrected chi connectivity index (χ3v) is 2.69. The minimum atomic E-state index is -0.183. The number of carbonyl (C=O) groups excluding carboxylic acids is 1. The highest BCUT2D eigenvalue weighted by Gasteiger charge is 2.10. The van der Waals surface area contributed by atoms with Crippen LogP contribution in [0.4, 0.5) is 0 Å². The summed E-state index contributed by atoms with van der Waals surface area (Å²) in [5.41, 5.74) is 0. The summed E-state index contributed by atoms with van der Waals surface area (Å²) in [6, 6.07) is 0. The highest BCUT2D eigenvalue weighted by molar-refractivity contribution is 7.09. The van der Waals surface area contributed by atoms with Gasteiger partial charge in [0.05, 0.1) is 6.54 Å². The van der Waals surface area contributed by atoms with Crippen molar-refractivity contribution >= 4 is 17.2 Å². The zero-order chi connectivity index (χ0) is 10.7. The fourth-order valence-corrected chi connectivity index (χ4v) is 1.72. The van der Waals surface area contributed by atoms with Crippen molar-refractivity contribution in [3.05, 3.63) is 34.8 Å². The van der Waals surface area contributed by atoms with Crippen LogP contribution in [0.2, 0.25) is 0 Å². The lowest BCUT2D eigenvalue weighted by atomic mass is 10.5. The first-order chi connectivity index (χ1) is 7.27. The van der Waals surface area contributed by atoms with E-state index in [0.717, 1.165) is 5.01 Å². The number of hydrogen-bond donors (Lipinski definition) is 1. The normalized spacial score (nSPS) is 10.2. The van der Waals surface area contributed by atoms with E-state index in [4.69, 9.17) is 0 Å². The average molecular weight is 222 g/mol. The molecule has 0 aromatic carbocycles. The van der Waals surface area contributed by atoms with Gasteiger partial charge in [-0.2, -0.15) is 0 Å². The van der Waals surface area contributed by atoms with Gasteiger partial charge in [-0.3, -0.25) is 4.79 Å². The summed E-state index contributed by atoms with van der Waals surface area (Å²) in [6.07, 6.45) is 5.05. The minimum Gasteiger partial charge on any atom is -0.343 e. The topological polar surface area (TPSA) is 59.8 Å². The maximum atomic E-state index is 11.6. The van der Waals surface area contributed by atoms with Crippen molar-refractivity contribution in [1.82, 2.24) is 19.9 Å². The van der Waals surface area contributed by atoms with Crippen LogP contribution in [0.1, 0.15) is 15.6 Å². The van der Waals surface area contributed by atoms with Crippen LogP contribution in [0, 0.1) is 0 Å². The van der Waals surface area contributed by atoms with Crippen LogP contribution in [0.5, 0.6) is 0 Å². The largest absolute Gasteiger partial charge is 0.343 e. The highest BCUT2D eigenvalue weighted by atomic mass is 32.1. The number of thiazole rings is 1. The number of amides is 1. The lowest BCUT2D eigenvalue weighted by Crippen LogP contribution is -2.25. The predicted molar refractivity (Wildman–Crippen MR) is 56.5 cm³/mol. The van der Waals surface area contributed by atoms with Crippen LogP contribution < -0.4 is 5.32 Å². The van der Waals surface area contributed by atoms with Crippen LogP contribution in [0.15, 0.2) is 24.0 Å². The van der Waals surface area contributed by atoms with Gasteiger partial charge in [0.25, 0.3) is 5.91 Å². The lowest BCUT2D eigenvalue weighted by Gasteiger charge is -2.02. The molecule has 2 aromatic heterocycles. The lowest BCUT2D eigenvalue weighted by molar-refractivity contribution is 0.0937. The number of aromatic nitrogens is 3. The molecule has 78 valence electrons. The van der Waals surface area contributed by atoms with E-state index in [9.17, 15) is 4.79 Å². The number of aryl methyl sites for hydroxylation is 1. The third kappa shape index (κ3) is 2.21. The molecule has 0 saturated carbocycles. The van der Waals surface area contributed by atoms with Crippen molar-refractivity contribution in [2.45, 2.75) is 6.54 Å². The Morgan fingerprint density at radius 1 is 1.53 bits per heavy atom. The van der Waals surface area contributed by atoms with Gasteiger partial charge in [-0.15, -0.1) is 11.3 Å². The molecule has 0 radical (unpaired) electrons. The number of hydrogen-bond acceptors (Lipinski definition) is 4. The van der Waals surface area contributed by atoms with E-state index in [1.54, 1.807) is 30.2 Å². The van der Waals surface area contributed by atoms with E-state index < -0.39 is 0 Å². The standard InChI is InChI=1S/C9H10N4OS/c1-13-4-2-11-8(13)9(14)12-6-7-10-3-5-15-7/h2-5H,6H2,1H3,(H,12,14). The van der Waals surface area contributed by atoms with Gasteiger partial charge < -0.3 is 9.88 Å². The summed E-state index contributed by atoms with van der Waals surface area (Å²) in [7, 11) is 1.78. The van der Waals surface area contributed by atoms with Gasteiger partial charge in [-0.25, -0.2) is 9.97 Å². The molecule has 0 bridgehead atoms. The molecule has 2 aromatic rings. The summed E-state index contributed by atoms with van der Waals surface area (Å²) in [6.45, 7) is 0.448. The van der Waals surface area contributed by atoms with Crippen molar-refractivity contribution in [3.63, 3.8) is 0 Å². The van der Waals surface area contributed by atoms with E-state index in [1.807, 2.05) is 5.38 Å². The first kappa shape index (κ1) is 9.85. The zero-order valence-electron chi connectivity index (χ0n) is 8.17. The van der Waals surface area contributed by atoms with E-state index in [2.05, 4.69) is 15.3 Å². The fraction of sp³-hybridized carbons (Fsp3) is 0.222. The van der Waals surface area contributed by atoms with Gasteiger partial charge in [0.1, 0.15) is 5.01 Å². The summed E-state index contributed by atoms with van der Waals surface area (Å²) in [5.74, 6) is 0.226. The second kappa shape index (κ2) is 4.22. The van der Waals surface area contributed by atoms with Crippen LogP contribution in [-0.4, -0.2) is 20.4 Å². The van der Waals surface area contributed by atoms with Crippen LogP contribution in [0.25, 0.3) is 0 Å². The molecule has 1 N–H and O–H groups in total. The molecule has 1 amide bonds. The number of imidazole rings is 1. The molecule has 0 aliphatic heterocycles. The molecule has 0 atom stereocenters. The van der Waals surface area contributed by atoms with E-state index in [1.165, 1.54) is 11.3 Å². The number of nitrogens with one attached hydrogen (secondary N) is 1. The van der Waals surface area contributed by atoms with Crippen molar-refractivity contribution in [2.24, 2.45) is 7.05 Å². The SMILES string of the molecule is Cn1ccnc1C(=O)NCc1nccs1. The van der Waals surface area contributed by atoms with Gasteiger partial charge >= 0.3 is 0 Å². The molecule has 5 nitrogen and oxygen atoms in total. The Morgan fingerprint density at radius 3 is 3.00 bits per heavy atom. The average Bonchev–Trinajstić information content (AvgIpc) is 2.84. The minimum absolute atomic E-state index is 0.183. The van der Waals surface area contributed by atoms with E-state index in [0.29, 0.717) is 12.4 Å². The molecular weight excluding hydrogens is 212 g/mol. The molecule has 0 unspecified atom stereocenters. The maximum Gasteiger partial charge on any atom is 0.287 e. The first-order valence-corrected chi connectivity index (χ1v) is 5.29. The molecule has 15 heavy (non-hydrogen) atoms. The summed E-state index contributed by atoms with van der Waals surface area (Å²) in [4.78, 5) is 19.6. The molecule has 0 spiro atoms. The van der Waals surface area contributed by atoms with Crippen molar-refractivity contribution < 1.29 is 4.79 Å². The quantitative estimate of drug-likeness (QED) is 0.836. The summed E-state index contributed by atoms with van der Waals surface area (Å²) >= 11 is 1.51. The predicted octanol–water partition coefficient (Wildman–Crippen LogP) is 0.807. The summed E-state index contributed by atoms with van der Waals surface area (Å²) in [5, 5.41) is 5.52. The summed E-state index contributed by atoms with van der Waals surface area (Å²) < 4.78 is 1.68. The molecule has 2 heterocycles. The maximum absolute atomic E-state index is 11.6. The third-order valence-electron chi connectivity index (χ3n) is 1.91. The Morgan fingerprint density at radius 2 is 2.40 bits per heavy atom. The second-order valence-corrected chi connectivity index (χ2v) is 3.95. The Balaban J connectivity index is 1.96. The van der Waals surface area contributed by atoms with Gasteiger partial charge in [0.15, 0.2) is 5.82 Å². The second-order valence-electron chi connectivity index (χ2n) is 2.97. The Bertz CT molecular complexity index is 448. The van der Waals surface area contributed by atoms with Crippen molar-refractivity contribution in [2.75, 3.05) is 0 Å². The molecular formula is C9H10N4OS. The van der Waals surface area contributed by atoms with Crippen molar-refractivity contribution in [3.8, 4) is 0 Å². The van der Waals surface area contributed by atoms with Crippen LogP contribution >= 0.6 is 11.3 Å². The smallest absolute Gasteiger partial charge is 0.287 e. The zero-order valence-corrected chi connectivity index (χ0v) is 8.99. The Labute approximate surface area is 90.8 Å². The number of rotatable bonds is 3. The number of carbonyl (C=O) groups is 1. The molecule has 2 rings (SSSR count). The molecule has 6 heteroatoms. The molecule has 0 saturated heterocycles. The highest BCUT2D eigenvalue weighted by Crippen LogP contribution is 2.03. The van der Waals surface area contributed by atoms with Gasteiger partial charge in [-0.05, 0) is 0 Å². The Kier molecular flexibility index (Phi) is 2.77. The molecule has 0 fully saturated rings. The molecule has 0 aliphatic carbocycles. The number of nitrogens with zero attached hydrogens (tertiary/aromatic N) is 3. The molecule has 0 aliphatic rings. The van der Waals surface area contributed by atoms with Gasteiger partial charge in [-0.1, -0.05) is 0 Å². The first-order valence-electron chi connectivity index (χ1n) is 4.41. The van der Waals surface area contributed by atoms with Gasteiger partial charge in [0, 0.05) is 31.0 Å². The fourth-order valence-electron chi connectivity index (χ4n) is 1.16. The Hall–Kier alpha value is -1.69. The van der Waals surface area contributed by atoms with Crippen LogP contribution in [-0.2, 0) is 13.6 Å². The van der Waals surface area contributed by atoms with E-state index >= 15 is 0 Å². The van der Waals surface area contributed by atoms with Crippen LogP contribution in [0.3, 0.4) is 0 Å². The van der Waals surface area contributed by atoms with E-state index in [-0.39, 0.29) is 5.91 Å². The van der Waals surface area contributed by atoms with Crippen molar-refractivity contribution in [1.29, 1.82) is 0 Å².